The van der Waals surface area contributed by atoms with Crippen LogP contribution in [-0.2, 0) is 4.79 Å². The standard InChI is InChI=1S/C12H11NO2/c1-9(8-14)15-12-6-2-5-11-10(12)4-3-7-13-11/h2-9H,1H3/t9-/m1/s1. The number of benzene rings is 1. The third-order valence-corrected chi connectivity index (χ3v) is 2.11. The highest BCUT2D eigenvalue weighted by Crippen LogP contribution is 2.24. The molecule has 0 N–H and O–H groups in total. The molecule has 0 bridgehead atoms. The Morgan fingerprint density at radius 3 is 3.00 bits per heavy atom. The van der Waals surface area contributed by atoms with E-state index in [2.05, 4.69) is 4.98 Å². The maximum atomic E-state index is 10.5. The first-order valence-corrected chi connectivity index (χ1v) is 4.77. The molecule has 76 valence electrons. The van der Waals surface area contributed by atoms with Gasteiger partial charge in [0, 0.05) is 11.6 Å². The van der Waals surface area contributed by atoms with Crippen LogP contribution in [0.4, 0.5) is 0 Å². The van der Waals surface area contributed by atoms with Gasteiger partial charge >= 0.3 is 0 Å². The SMILES string of the molecule is C[C@H](C=O)Oc1cccc2ncccc12. The van der Waals surface area contributed by atoms with Gasteiger partial charge in [-0.2, -0.15) is 0 Å². The maximum absolute atomic E-state index is 10.5. The van der Waals surface area contributed by atoms with Crippen molar-refractivity contribution in [1.29, 1.82) is 0 Å². The molecule has 0 aliphatic carbocycles. The van der Waals surface area contributed by atoms with Crippen LogP contribution in [0.25, 0.3) is 10.9 Å². The Kier molecular flexibility index (Phi) is 2.63. The number of ether oxygens (including phenoxy) is 1. The Hall–Kier alpha value is -1.90. The Morgan fingerprint density at radius 2 is 2.20 bits per heavy atom. The first kappa shape index (κ1) is 9.65. The minimum absolute atomic E-state index is 0.434. The molecule has 0 radical (unpaired) electrons. The minimum atomic E-state index is -0.434. The van der Waals surface area contributed by atoms with Crippen LogP contribution in [0.1, 0.15) is 6.92 Å². The van der Waals surface area contributed by atoms with Crippen LogP contribution in [-0.4, -0.2) is 17.4 Å². The molecule has 0 unspecified atom stereocenters. The third-order valence-electron chi connectivity index (χ3n) is 2.11. The van der Waals surface area contributed by atoms with Gasteiger partial charge < -0.3 is 4.74 Å². The summed E-state index contributed by atoms with van der Waals surface area (Å²) in [5.74, 6) is 0.695. The predicted octanol–water partition coefficient (Wildman–Crippen LogP) is 2.20. The van der Waals surface area contributed by atoms with Gasteiger partial charge in [-0.3, -0.25) is 9.78 Å². The molecule has 0 spiro atoms. The third kappa shape index (κ3) is 1.96. The van der Waals surface area contributed by atoms with Crippen molar-refractivity contribution < 1.29 is 9.53 Å². The number of pyridine rings is 1. The topological polar surface area (TPSA) is 39.2 Å². The molecule has 1 atom stereocenters. The molecular weight excluding hydrogens is 190 g/mol. The van der Waals surface area contributed by atoms with E-state index in [4.69, 9.17) is 4.74 Å². The van der Waals surface area contributed by atoms with E-state index in [1.165, 1.54) is 0 Å². The normalized spacial score (nSPS) is 12.3. The van der Waals surface area contributed by atoms with Crippen molar-refractivity contribution in [3.63, 3.8) is 0 Å². The Morgan fingerprint density at radius 1 is 1.33 bits per heavy atom. The van der Waals surface area contributed by atoms with Crippen molar-refractivity contribution >= 4 is 17.2 Å². The number of carbonyl (C=O) groups is 1. The molecule has 2 aromatic rings. The molecule has 0 saturated heterocycles. The van der Waals surface area contributed by atoms with Crippen molar-refractivity contribution in [1.82, 2.24) is 4.98 Å². The molecule has 0 aliphatic heterocycles. The predicted molar refractivity (Wildman–Crippen MR) is 57.9 cm³/mol. The molecular formula is C12H11NO2. The Bertz CT molecular complexity index is 477. The summed E-state index contributed by atoms with van der Waals surface area (Å²) in [5.41, 5.74) is 0.869. The number of aromatic nitrogens is 1. The minimum Gasteiger partial charge on any atom is -0.483 e. The van der Waals surface area contributed by atoms with Gasteiger partial charge in [0.25, 0.3) is 0 Å². The number of fused-ring (bicyclic) bond motifs is 1. The van der Waals surface area contributed by atoms with E-state index in [0.717, 1.165) is 17.2 Å². The molecule has 15 heavy (non-hydrogen) atoms. The van der Waals surface area contributed by atoms with E-state index < -0.39 is 6.10 Å². The largest absolute Gasteiger partial charge is 0.483 e. The molecule has 2 rings (SSSR count). The number of nitrogens with zero attached hydrogens (tertiary/aromatic N) is 1. The highest BCUT2D eigenvalue weighted by molar-refractivity contribution is 5.85. The van der Waals surface area contributed by atoms with Crippen LogP contribution < -0.4 is 4.74 Å². The molecule has 1 aromatic carbocycles. The number of aldehydes is 1. The fourth-order valence-corrected chi connectivity index (χ4v) is 1.41. The lowest BCUT2D eigenvalue weighted by atomic mass is 10.2. The fraction of sp³-hybridized carbons (Fsp3) is 0.167. The van der Waals surface area contributed by atoms with E-state index >= 15 is 0 Å². The summed E-state index contributed by atoms with van der Waals surface area (Å²) in [6.45, 7) is 1.71. The van der Waals surface area contributed by atoms with Gasteiger partial charge in [0.1, 0.15) is 5.75 Å². The van der Waals surface area contributed by atoms with E-state index in [1.54, 1.807) is 13.1 Å². The van der Waals surface area contributed by atoms with Crippen LogP contribution in [0, 0.1) is 0 Å². The van der Waals surface area contributed by atoms with E-state index in [-0.39, 0.29) is 0 Å². The molecule has 0 fully saturated rings. The molecule has 3 heteroatoms. The van der Waals surface area contributed by atoms with Gasteiger partial charge in [0.15, 0.2) is 12.4 Å². The first-order valence-electron chi connectivity index (χ1n) is 4.77. The van der Waals surface area contributed by atoms with Gasteiger partial charge in [-0.05, 0) is 31.2 Å². The summed E-state index contributed by atoms with van der Waals surface area (Å²) in [4.78, 5) is 14.7. The van der Waals surface area contributed by atoms with Crippen molar-refractivity contribution in [3.8, 4) is 5.75 Å². The lowest BCUT2D eigenvalue weighted by Crippen LogP contribution is -2.12. The van der Waals surface area contributed by atoms with Crippen LogP contribution in [0.2, 0.25) is 0 Å². The van der Waals surface area contributed by atoms with E-state index in [1.807, 2.05) is 30.3 Å². The molecule has 1 heterocycles. The molecule has 3 nitrogen and oxygen atoms in total. The summed E-state index contributed by atoms with van der Waals surface area (Å²) >= 11 is 0. The number of hydrogen-bond donors (Lipinski definition) is 0. The summed E-state index contributed by atoms with van der Waals surface area (Å²) in [6.07, 6.45) is 2.07. The number of rotatable bonds is 3. The van der Waals surface area contributed by atoms with Crippen LogP contribution in [0.5, 0.6) is 5.75 Å². The van der Waals surface area contributed by atoms with Gasteiger partial charge in [-0.25, -0.2) is 0 Å². The lowest BCUT2D eigenvalue weighted by molar-refractivity contribution is -0.113. The average Bonchev–Trinajstić information content (AvgIpc) is 2.29. The number of carbonyl (C=O) groups excluding carboxylic acids is 1. The lowest BCUT2D eigenvalue weighted by Gasteiger charge is -2.10. The summed E-state index contributed by atoms with van der Waals surface area (Å²) < 4.78 is 5.47. The van der Waals surface area contributed by atoms with Crippen molar-refractivity contribution in [2.45, 2.75) is 13.0 Å². The summed E-state index contributed by atoms with van der Waals surface area (Å²) in [5, 5.41) is 0.925. The molecule has 0 amide bonds. The molecule has 1 aromatic heterocycles. The van der Waals surface area contributed by atoms with Gasteiger partial charge in [0.2, 0.25) is 0 Å². The summed E-state index contributed by atoms with van der Waals surface area (Å²) in [7, 11) is 0. The Labute approximate surface area is 87.7 Å². The maximum Gasteiger partial charge on any atom is 0.160 e. The van der Waals surface area contributed by atoms with E-state index in [9.17, 15) is 4.79 Å². The van der Waals surface area contributed by atoms with Crippen LogP contribution >= 0.6 is 0 Å². The average molecular weight is 201 g/mol. The van der Waals surface area contributed by atoms with E-state index in [0.29, 0.717) is 5.75 Å². The van der Waals surface area contributed by atoms with Crippen LogP contribution in [0.3, 0.4) is 0 Å². The second kappa shape index (κ2) is 4.09. The highest BCUT2D eigenvalue weighted by Gasteiger charge is 2.05. The van der Waals surface area contributed by atoms with Crippen molar-refractivity contribution in [3.05, 3.63) is 36.5 Å². The number of hydrogen-bond acceptors (Lipinski definition) is 3. The monoisotopic (exact) mass is 201 g/mol. The highest BCUT2D eigenvalue weighted by atomic mass is 16.5. The second-order valence-electron chi connectivity index (χ2n) is 3.29. The summed E-state index contributed by atoms with van der Waals surface area (Å²) in [6, 6.07) is 9.38. The quantitative estimate of drug-likeness (QED) is 0.714. The second-order valence-corrected chi connectivity index (χ2v) is 3.29. The van der Waals surface area contributed by atoms with Gasteiger partial charge in [-0.15, -0.1) is 0 Å². The Balaban J connectivity index is 2.46. The fourth-order valence-electron chi connectivity index (χ4n) is 1.41. The van der Waals surface area contributed by atoms with Crippen LogP contribution in [0.15, 0.2) is 36.5 Å². The van der Waals surface area contributed by atoms with Gasteiger partial charge in [-0.1, -0.05) is 6.07 Å². The first-order chi connectivity index (χ1) is 7.31. The van der Waals surface area contributed by atoms with Crippen molar-refractivity contribution in [2.75, 3.05) is 0 Å². The smallest absolute Gasteiger partial charge is 0.160 e. The zero-order chi connectivity index (χ0) is 10.7. The zero-order valence-electron chi connectivity index (χ0n) is 8.38. The zero-order valence-corrected chi connectivity index (χ0v) is 8.38. The van der Waals surface area contributed by atoms with Crippen molar-refractivity contribution in [2.24, 2.45) is 0 Å². The molecule has 0 aliphatic rings. The molecule has 0 saturated carbocycles. The van der Waals surface area contributed by atoms with Gasteiger partial charge in [0.05, 0.1) is 5.52 Å².